The summed E-state index contributed by atoms with van der Waals surface area (Å²) in [5.41, 5.74) is 1.28. The second-order valence-electron chi connectivity index (χ2n) is 4.35. The molecular weight excluding hydrogens is 273 g/mol. The fraction of sp³-hybridized carbons (Fsp3) is 0.250. The van der Waals surface area contributed by atoms with E-state index in [1.807, 2.05) is 12.1 Å². The Hall–Kier alpha value is -2.43. The van der Waals surface area contributed by atoms with E-state index in [2.05, 4.69) is 5.32 Å². The predicted octanol–water partition coefficient (Wildman–Crippen LogP) is 3.46. The van der Waals surface area contributed by atoms with Gasteiger partial charge in [0.05, 0.1) is 27.0 Å². The van der Waals surface area contributed by atoms with Gasteiger partial charge in [-0.3, -0.25) is 0 Å². The fourth-order valence-electron chi connectivity index (χ4n) is 1.99. The molecule has 2 aromatic carbocycles. The Bertz CT molecular complexity index is 616. The molecule has 0 unspecified atom stereocenters. The van der Waals surface area contributed by atoms with Crippen molar-refractivity contribution in [1.29, 1.82) is 0 Å². The summed E-state index contributed by atoms with van der Waals surface area (Å²) in [6, 6.07) is 10.5. The second-order valence-corrected chi connectivity index (χ2v) is 4.35. The molecule has 2 aromatic rings. The zero-order valence-electron chi connectivity index (χ0n) is 12.3. The van der Waals surface area contributed by atoms with Gasteiger partial charge in [0, 0.05) is 18.2 Å². The van der Waals surface area contributed by atoms with Crippen molar-refractivity contribution in [3.63, 3.8) is 0 Å². The van der Waals surface area contributed by atoms with Crippen molar-refractivity contribution in [3.8, 4) is 17.2 Å². The van der Waals surface area contributed by atoms with Gasteiger partial charge in [-0.2, -0.15) is 0 Å². The molecule has 0 heterocycles. The third-order valence-corrected chi connectivity index (χ3v) is 3.14. The van der Waals surface area contributed by atoms with E-state index >= 15 is 0 Å². The molecule has 4 nitrogen and oxygen atoms in total. The van der Waals surface area contributed by atoms with E-state index in [9.17, 15) is 4.39 Å². The highest BCUT2D eigenvalue weighted by Gasteiger charge is 2.10. The molecule has 0 saturated heterocycles. The van der Waals surface area contributed by atoms with Crippen LogP contribution in [0.5, 0.6) is 17.2 Å². The van der Waals surface area contributed by atoms with Gasteiger partial charge in [0.25, 0.3) is 0 Å². The van der Waals surface area contributed by atoms with Crippen molar-refractivity contribution < 1.29 is 18.6 Å². The summed E-state index contributed by atoms with van der Waals surface area (Å²) < 4.78 is 29.5. The van der Waals surface area contributed by atoms with Gasteiger partial charge in [-0.25, -0.2) is 4.39 Å². The number of hydrogen-bond acceptors (Lipinski definition) is 4. The lowest BCUT2D eigenvalue weighted by atomic mass is 10.2. The Morgan fingerprint density at radius 3 is 2.38 bits per heavy atom. The Morgan fingerprint density at radius 1 is 0.952 bits per heavy atom. The largest absolute Gasteiger partial charge is 0.497 e. The Kier molecular flexibility index (Phi) is 4.87. The Balaban J connectivity index is 2.16. The van der Waals surface area contributed by atoms with E-state index in [1.54, 1.807) is 38.5 Å². The van der Waals surface area contributed by atoms with Gasteiger partial charge < -0.3 is 19.5 Å². The van der Waals surface area contributed by atoms with Crippen LogP contribution in [0.2, 0.25) is 0 Å². The van der Waals surface area contributed by atoms with Crippen LogP contribution in [0.15, 0.2) is 36.4 Å². The smallest absolute Gasteiger partial charge is 0.170 e. The van der Waals surface area contributed by atoms with Crippen LogP contribution in [0, 0.1) is 5.82 Å². The first-order valence-electron chi connectivity index (χ1n) is 6.47. The number of rotatable bonds is 6. The number of methoxy groups -OCH3 is 3. The van der Waals surface area contributed by atoms with Gasteiger partial charge in [-0.15, -0.1) is 0 Å². The first kappa shape index (κ1) is 15.0. The van der Waals surface area contributed by atoms with Gasteiger partial charge in [0.2, 0.25) is 0 Å². The van der Waals surface area contributed by atoms with Gasteiger partial charge in [-0.05, 0) is 18.2 Å². The van der Waals surface area contributed by atoms with E-state index in [0.29, 0.717) is 23.6 Å². The topological polar surface area (TPSA) is 39.7 Å². The highest BCUT2D eigenvalue weighted by Crippen LogP contribution is 2.30. The van der Waals surface area contributed by atoms with Crippen molar-refractivity contribution in [2.45, 2.75) is 6.54 Å². The molecule has 0 radical (unpaired) electrons. The molecule has 112 valence electrons. The lowest BCUT2D eigenvalue weighted by Gasteiger charge is -2.13. The van der Waals surface area contributed by atoms with Gasteiger partial charge >= 0.3 is 0 Å². The molecule has 0 spiro atoms. The average Bonchev–Trinajstić information content (AvgIpc) is 2.53. The van der Waals surface area contributed by atoms with Crippen molar-refractivity contribution >= 4 is 5.69 Å². The highest BCUT2D eigenvalue weighted by molar-refractivity contribution is 5.59. The van der Waals surface area contributed by atoms with E-state index in [-0.39, 0.29) is 11.6 Å². The minimum absolute atomic E-state index is 0.232. The maximum absolute atomic E-state index is 14.1. The third-order valence-electron chi connectivity index (χ3n) is 3.14. The lowest BCUT2D eigenvalue weighted by molar-refractivity contribution is 0.384. The van der Waals surface area contributed by atoms with Gasteiger partial charge in [0.15, 0.2) is 11.6 Å². The molecule has 0 aromatic heterocycles. The summed E-state index contributed by atoms with van der Waals surface area (Å²) in [4.78, 5) is 0. The van der Waals surface area contributed by atoms with Crippen LogP contribution in [0.25, 0.3) is 0 Å². The quantitative estimate of drug-likeness (QED) is 0.884. The Labute approximate surface area is 123 Å². The standard InChI is InChI=1S/C16H18FNO3/c1-19-12-7-8-13(15(9-12)21-3)18-10-11-5-4-6-14(20-2)16(11)17/h4-9,18H,10H2,1-3H3. The van der Waals surface area contributed by atoms with Crippen LogP contribution in [-0.2, 0) is 6.54 Å². The van der Waals surface area contributed by atoms with Crippen LogP contribution >= 0.6 is 0 Å². The zero-order chi connectivity index (χ0) is 15.2. The molecule has 0 aliphatic carbocycles. The highest BCUT2D eigenvalue weighted by atomic mass is 19.1. The first-order chi connectivity index (χ1) is 10.2. The van der Waals surface area contributed by atoms with E-state index in [0.717, 1.165) is 5.69 Å². The fourth-order valence-corrected chi connectivity index (χ4v) is 1.99. The summed E-state index contributed by atoms with van der Waals surface area (Å²) in [7, 11) is 4.61. The summed E-state index contributed by atoms with van der Waals surface area (Å²) in [6.07, 6.45) is 0. The normalized spacial score (nSPS) is 10.1. The van der Waals surface area contributed by atoms with Crippen molar-refractivity contribution in [1.82, 2.24) is 0 Å². The minimum atomic E-state index is -0.361. The molecule has 21 heavy (non-hydrogen) atoms. The molecular formula is C16H18FNO3. The molecule has 0 aliphatic rings. The van der Waals surface area contributed by atoms with Gasteiger partial charge in [0.1, 0.15) is 11.5 Å². The first-order valence-corrected chi connectivity index (χ1v) is 6.47. The lowest BCUT2D eigenvalue weighted by Crippen LogP contribution is -2.04. The van der Waals surface area contributed by atoms with Crippen LogP contribution in [-0.4, -0.2) is 21.3 Å². The molecule has 2 rings (SSSR count). The number of hydrogen-bond donors (Lipinski definition) is 1. The zero-order valence-corrected chi connectivity index (χ0v) is 12.3. The van der Waals surface area contributed by atoms with Crippen LogP contribution in [0.4, 0.5) is 10.1 Å². The summed E-state index contributed by atoms with van der Waals surface area (Å²) in [5, 5.41) is 3.15. The molecule has 0 amide bonds. The summed E-state index contributed by atoms with van der Waals surface area (Å²) >= 11 is 0. The van der Waals surface area contributed by atoms with Crippen LogP contribution < -0.4 is 19.5 Å². The molecule has 5 heteroatoms. The van der Waals surface area contributed by atoms with Gasteiger partial charge in [-0.1, -0.05) is 12.1 Å². The summed E-state index contributed by atoms with van der Waals surface area (Å²) in [5.74, 6) is 1.21. The molecule has 0 aliphatic heterocycles. The molecule has 0 fully saturated rings. The number of halogens is 1. The average molecular weight is 291 g/mol. The number of ether oxygens (including phenoxy) is 3. The summed E-state index contributed by atoms with van der Waals surface area (Å²) in [6.45, 7) is 0.325. The number of anilines is 1. The van der Waals surface area contributed by atoms with E-state index in [1.165, 1.54) is 7.11 Å². The molecule has 0 bridgehead atoms. The number of benzene rings is 2. The Morgan fingerprint density at radius 2 is 1.71 bits per heavy atom. The van der Waals surface area contributed by atoms with Crippen molar-refractivity contribution in [2.75, 3.05) is 26.6 Å². The van der Waals surface area contributed by atoms with Crippen LogP contribution in [0.3, 0.4) is 0 Å². The van der Waals surface area contributed by atoms with E-state index < -0.39 is 0 Å². The SMILES string of the molecule is COc1ccc(NCc2cccc(OC)c2F)c(OC)c1. The predicted molar refractivity (Wildman–Crippen MR) is 79.8 cm³/mol. The van der Waals surface area contributed by atoms with Crippen molar-refractivity contribution in [2.24, 2.45) is 0 Å². The minimum Gasteiger partial charge on any atom is -0.497 e. The third kappa shape index (κ3) is 3.37. The monoisotopic (exact) mass is 291 g/mol. The number of nitrogens with one attached hydrogen (secondary N) is 1. The van der Waals surface area contributed by atoms with Crippen LogP contribution in [0.1, 0.15) is 5.56 Å². The van der Waals surface area contributed by atoms with E-state index in [4.69, 9.17) is 14.2 Å². The van der Waals surface area contributed by atoms with Crippen molar-refractivity contribution in [3.05, 3.63) is 47.8 Å². The maximum Gasteiger partial charge on any atom is 0.170 e. The molecule has 1 N–H and O–H groups in total. The molecule has 0 atom stereocenters. The molecule has 0 saturated carbocycles. The second kappa shape index (κ2) is 6.83. The maximum atomic E-state index is 14.1.